The fourth-order valence-electron chi connectivity index (χ4n) is 2.51. The second kappa shape index (κ2) is 10.2. The van der Waals surface area contributed by atoms with E-state index in [0.29, 0.717) is 11.8 Å². The van der Waals surface area contributed by atoms with Crippen LogP contribution >= 0.6 is 0 Å². The molecule has 0 unspecified atom stereocenters. The molecule has 3 rings (SSSR count). The zero-order valence-corrected chi connectivity index (χ0v) is 16.8. The largest absolute Gasteiger partial charge is 0.454 e. The molecule has 0 saturated carbocycles. The average Bonchev–Trinajstić information content (AvgIpc) is 2.77. The van der Waals surface area contributed by atoms with Gasteiger partial charge in [0.2, 0.25) is 11.9 Å². The lowest BCUT2D eigenvalue weighted by Crippen LogP contribution is -2.20. The van der Waals surface area contributed by atoms with Crippen LogP contribution in [-0.4, -0.2) is 32.9 Å². The van der Waals surface area contributed by atoms with Crippen LogP contribution < -0.4 is 16.4 Å². The molecule has 0 aliphatic rings. The van der Waals surface area contributed by atoms with Gasteiger partial charge in [0.15, 0.2) is 12.4 Å². The van der Waals surface area contributed by atoms with E-state index in [1.54, 1.807) is 18.2 Å². The molecule has 1 aromatic heterocycles. The Balaban J connectivity index is 1.67. The number of halogens is 3. The second-order valence-electron chi connectivity index (χ2n) is 6.39. The first-order chi connectivity index (χ1) is 15.7. The van der Waals surface area contributed by atoms with Crippen LogP contribution in [0.2, 0.25) is 0 Å². The Bertz CT molecular complexity index is 1170. The molecule has 0 aliphatic heterocycles. The molecule has 1 heterocycles. The molecule has 170 valence electrons. The maximum atomic E-state index is 12.5. The van der Waals surface area contributed by atoms with E-state index in [-0.39, 0.29) is 35.6 Å². The molecule has 33 heavy (non-hydrogen) atoms. The van der Waals surface area contributed by atoms with Crippen LogP contribution in [0.25, 0.3) is 0 Å². The lowest BCUT2D eigenvalue weighted by molar-refractivity contribution is -0.165. The molecule has 2 aromatic carbocycles. The van der Waals surface area contributed by atoms with Crippen molar-refractivity contribution in [1.29, 1.82) is 0 Å². The Labute approximate surface area is 185 Å². The number of nitrogens with one attached hydrogen (secondary N) is 2. The van der Waals surface area contributed by atoms with Crippen molar-refractivity contribution in [3.8, 4) is 0 Å². The molecule has 0 saturated heterocycles. The normalized spacial score (nSPS) is 11.2. The summed E-state index contributed by atoms with van der Waals surface area (Å²) in [7, 11) is 0. The molecule has 12 heteroatoms. The van der Waals surface area contributed by atoms with Crippen LogP contribution in [0.3, 0.4) is 0 Å². The van der Waals surface area contributed by atoms with Gasteiger partial charge in [0.25, 0.3) is 5.78 Å². The minimum atomic E-state index is -4.99. The zero-order valence-electron chi connectivity index (χ0n) is 16.8. The summed E-state index contributed by atoms with van der Waals surface area (Å²) in [5.74, 6) is -2.69. The number of carbonyl (C=O) groups excluding carboxylic acids is 2. The number of ketones is 1. The van der Waals surface area contributed by atoms with Gasteiger partial charge in [-0.05, 0) is 24.3 Å². The van der Waals surface area contributed by atoms with Crippen molar-refractivity contribution in [3.05, 3.63) is 78.3 Å². The first-order valence-electron chi connectivity index (χ1n) is 9.35. The third-order valence-corrected chi connectivity index (χ3v) is 3.96. The highest BCUT2D eigenvalue weighted by molar-refractivity contribution is 5.97. The summed E-state index contributed by atoms with van der Waals surface area (Å²) < 4.78 is 42.1. The van der Waals surface area contributed by atoms with E-state index in [9.17, 15) is 22.8 Å². The Morgan fingerprint density at radius 3 is 2.42 bits per heavy atom. The summed E-state index contributed by atoms with van der Waals surface area (Å²) in [4.78, 5) is 35.5. The van der Waals surface area contributed by atoms with Gasteiger partial charge in [-0.25, -0.2) is 4.79 Å². The van der Waals surface area contributed by atoms with Gasteiger partial charge in [-0.15, -0.1) is 0 Å². The SMILES string of the molecule is Nc1nc(COC(=O)c2ccccc2N/C=C/C(=O)C(F)(F)F)nc(Nc2ccccc2)n1. The number of aromatic nitrogens is 3. The van der Waals surface area contributed by atoms with Crippen molar-refractivity contribution < 1.29 is 27.5 Å². The maximum Gasteiger partial charge on any atom is 0.454 e. The molecule has 0 atom stereocenters. The van der Waals surface area contributed by atoms with E-state index in [2.05, 4.69) is 25.6 Å². The van der Waals surface area contributed by atoms with Gasteiger partial charge in [-0.2, -0.15) is 28.1 Å². The monoisotopic (exact) mass is 458 g/mol. The molecule has 0 bridgehead atoms. The highest BCUT2D eigenvalue weighted by Gasteiger charge is 2.36. The van der Waals surface area contributed by atoms with Crippen molar-refractivity contribution in [3.63, 3.8) is 0 Å². The smallest absolute Gasteiger partial charge is 0.454 e. The Morgan fingerprint density at radius 2 is 1.70 bits per heavy atom. The third kappa shape index (κ3) is 6.75. The number of rotatable bonds is 8. The predicted molar refractivity (Wildman–Crippen MR) is 113 cm³/mol. The quantitative estimate of drug-likeness (QED) is 0.342. The van der Waals surface area contributed by atoms with E-state index in [1.165, 1.54) is 18.2 Å². The Morgan fingerprint density at radius 1 is 1.00 bits per heavy atom. The van der Waals surface area contributed by atoms with Crippen LogP contribution in [0.1, 0.15) is 16.2 Å². The first kappa shape index (κ1) is 23.2. The molecular formula is C21H17F3N6O3. The summed E-state index contributed by atoms with van der Waals surface area (Å²) in [6.07, 6.45) is -3.88. The van der Waals surface area contributed by atoms with Crippen molar-refractivity contribution in [2.45, 2.75) is 12.8 Å². The van der Waals surface area contributed by atoms with Gasteiger partial charge < -0.3 is 21.1 Å². The minimum absolute atomic E-state index is 0.0197. The van der Waals surface area contributed by atoms with E-state index in [1.807, 2.05) is 18.2 Å². The van der Waals surface area contributed by atoms with E-state index >= 15 is 0 Å². The van der Waals surface area contributed by atoms with Crippen LogP contribution in [-0.2, 0) is 16.1 Å². The summed E-state index contributed by atoms with van der Waals surface area (Å²) >= 11 is 0. The maximum absolute atomic E-state index is 12.5. The Hall–Kier alpha value is -4.48. The van der Waals surface area contributed by atoms with Gasteiger partial charge in [-0.1, -0.05) is 30.3 Å². The van der Waals surface area contributed by atoms with Gasteiger partial charge in [0, 0.05) is 18.0 Å². The number of nitrogens with two attached hydrogens (primary N) is 1. The van der Waals surface area contributed by atoms with Crippen molar-refractivity contribution in [2.24, 2.45) is 0 Å². The van der Waals surface area contributed by atoms with Gasteiger partial charge in [0.05, 0.1) is 11.3 Å². The first-order valence-corrected chi connectivity index (χ1v) is 9.35. The molecular weight excluding hydrogens is 441 g/mol. The molecule has 0 amide bonds. The van der Waals surface area contributed by atoms with E-state index in [0.717, 1.165) is 6.20 Å². The zero-order chi connectivity index (χ0) is 23.8. The molecule has 0 aliphatic carbocycles. The molecule has 0 spiro atoms. The third-order valence-electron chi connectivity index (χ3n) is 3.96. The number of hydrogen-bond donors (Lipinski definition) is 3. The number of anilines is 4. The number of carbonyl (C=O) groups is 2. The van der Waals surface area contributed by atoms with Crippen molar-refractivity contribution in [1.82, 2.24) is 15.0 Å². The van der Waals surface area contributed by atoms with Crippen LogP contribution in [0, 0.1) is 0 Å². The summed E-state index contributed by atoms with van der Waals surface area (Å²) in [5, 5.41) is 5.42. The van der Waals surface area contributed by atoms with Crippen LogP contribution in [0.4, 0.5) is 36.4 Å². The number of nitrogens with zero attached hydrogens (tertiary/aromatic N) is 3. The Kier molecular flexibility index (Phi) is 7.18. The number of hydrogen-bond acceptors (Lipinski definition) is 9. The highest BCUT2D eigenvalue weighted by atomic mass is 19.4. The van der Waals surface area contributed by atoms with E-state index < -0.39 is 17.9 Å². The standard InChI is InChI=1S/C21H17F3N6O3/c22-21(23,24)16(31)10-11-26-15-9-5-4-8-14(15)18(32)33-12-17-28-19(25)30-20(29-17)27-13-6-2-1-3-7-13/h1-11,26H,12H2,(H3,25,27,28,29,30)/b11-10+. The molecule has 9 nitrogen and oxygen atoms in total. The number of nitrogen functional groups attached to an aromatic ring is 1. The van der Waals surface area contributed by atoms with E-state index in [4.69, 9.17) is 10.5 Å². The van der Waals surface area contributed by atoms with Gasteiger partial charge in [0.1, 0.15) is 0 Å². The minimum Gasteiger partial charge on any atom is -0.454 e. The highest BCUT2D eigenvalue weighted by Crippen LogP contribution is 2.19. The average molecular weight is 458 g/mol. The van der Waals surface area contributed by atoms with Crippen LogP contribution in [0.15, 0.2) is 66.9 Å². The van der Waals surface area contributed by atoms with Gasteiger partial charge in [-0.3, -0.25) is 4.79 Å². The van der Waals surface area contributed by atoms with Crippen molar-refractivity contribution in [2.75, 3.05) is 16.4 Å². The second-order valence-corrected chi connectivity index (χ2v) is 6.39. The fourth-order valence-corrected chi connectivity index (χ4v) is 2.51. The van der Waals surface area contributed by atoms with Gasteiger partial charge >= 0.3 is 12.1 Å². The van der Waals surface area contributed by atoms with Crippen molar-refractivity contribution >= 4 is 35.0 Å². The summed E-state index contributed by atoms with van der Waals surface area (Å²) in [6, 6.07) is 15.0. The molecule has 0 fully saturated rings. The lowest BCUT2D eigenvalue weighted by Gasteiger charge is -2.10. The molecule has 4 N–H and O–H groups in total. The number of allylic oxidation sites excluding steroid dienone is 1. The summed E-state index contributed by atoms with van der Waals surface area (Å²) in [5.41, 5.74) is 6.56. The molecule has 3 aromatic rings. The topological polar surface area (TPSA) is 132 Å². The van der Waals surface area contributed by atoms with Crippen LogP contribution in [0.5, 0.6) is 0 Å². The predicted octanol–water partition coefficient (Wildman–Crippen LogP) is 3.61. The molecule has 0 radical (unpaired) electrons. The number of para-hydroxylation sites is 2. The fraction of sp³-hybridized carbons (Fsp3) is 0.0952. The lowest BCUT2D eigenvalue weighted by atomic mass is 10.2. The number of benzene rings is 2. The number of ether oxygens (including phenoxy) is 1. The number of esters is 1. The number of alkyl halides is 3. The summed E-state index contributed by atoms with van der Waals surface area (Å²) in [6.45, 7) is -0.342.